The van der Waals surface area contributed by atoms with Crippen LogP contribution in [0.4, 0.5) is 5.69 Å². The fourth-order valence-corrected chi connectivity index (χ4v) is 1.61. The number of nitrogens with one attached hydrogen (secondary N) is 2. The van der Waals surface area contributed by atoms with Gasteiger partial charge in [-0.1, -0.05) is 6.07 Å². The van der Waals surface area contributed by atoms with Gasteiger partial charge in [0.2, 0.25) is 0 Å². The summed E-state index contributed by atoms with van der Waals surface area (Å²) < 4.78 is 5.17. The Bertz CT molecular complexity index is 562. The fraction of sp³-hybridized carbons (Fsp3) is 0.333. The summed E-state index contributed by atoms with van der Waals surface area (Å²) in [5.74, 6) is 0.0115. The van der Waals surface area contributed by atoms with Crippen LogP contribution in [0.3, 0.4) is 0 Å². The first-order chi connectivity index (χ1) is 10.1. The summed E-state index contributed by atoms with van der Waals surface area (Å²) >= 11 is 0. The Morgan fingerprint density at radius 1 is 1.52 bits per heavy atom. The van der Waals surface area contributed by atoms with E-state index in [4.69, 9.17) is 15.1 Å². The van der Waals surface area contributed by atoms with Gasteiger partial charge in [-0.15, -0.1) is 0 Å². The number of anilines is 1. The number of hydrogen-bond donors (Lipinski definition) is 3. The van der Waals surface area contributed by atoms with Crippen molar-refractivity contribution in [3.63, 3.8) is 0 Å². The van der Waals surface area contributed by atoms with Crippen molar-refractivity contribution in [2.45, 2.75) is 13.3 Å². The molecule has 0 atom stereocenters. The van der Waals surface area contributed by atoms with Gasteiger partial charge in [0.05, 0.1) is 12.8 Å². The maximum atomic E-state index is 12.0. The van der Waals surface area contributed by atoms with Gasteiger partial charge in [0.1, 0.15) is 17.4 Å². The van der Waals surface area contributed by atoms with E-state index in [1.807, 2.05) is 19.1 Å². The summed E-state index contributed by atoms with van der Waals surface area (Å²) in [5, 5.41) is 23.1. The second-order valence-electron chi connectivity index (χ2n) is 4.36. The van der Waals surface area contributed by atoms with Gasteiger partial charge in [0, 0.05) is 19.4 Å². The molecular weight excluding hydrogens is 270 g/mol. The fourth-order valence-electron chi connectivity index (χ4n) is 1.61. The number of amides is 1. The quantitative estimate of drug-likeness (QED) is 0.400. The van der Waals surface area contributed by atoms with Crippen molar-refractivity contribution in [2.75, 3.05) is 25.6 Å². The average molecular weight is 289 g/mol. The molecule has 0 unspecified atom stereocenters. The lowest BCUT2D eigenvalue weighted by atomic mass is 10.2. The zero-order valence-electron chi connectivity index (χ0n) is 12.1. The molecule has 0 saturated carbocycles. The number of benzene rings is 1. The van der Waals surface area contributed by atoms with E-state index in [9.17, 15) is 4.79 Å². The van der Waals surface area contributed by atoms with Gasteiger partial charge in [-0.3, -0.25) is 4.79 Å². The number of aryl methyl sites for hydroxylation is 1. The lowest BCUT2D eigenvalue weighted by Crippen LogP contribution is -2.18. The van der Waals surface area contributed by atoms with E-state index in [1.165, 1.54) is 13.3 Å². The first kappa shape index (κ1) is 16.5. The molecule has 1 amide bonds. The summed E-state index contributed by atoms with van der Waals surface area (Å²) in [6.45, 7) is 2.44. The monoisotopic (exact) mass is 289 g/mol. The lowest BCUT2D eigenvalue weighted by Gasteiger charge is -2.10. The highest BCUT2D eigenvalue weighted by Crippen LogP contribution is 2.25. The molecule has 1 aromatic carbocycles. The molecule has 0 bridgehead atoms. The third-order valence-corrected chi connectivity index (χ3v) is 2.69. The van der Waals surface area contributed by atoms with Crippen molar-refractivity contribution < 1.29 is 14.6 Å². The van der Waals surface area contributed by atoms with Crippen LogP contribution in [0.15, 0.2) is 30.0 Å². The molecule has 0 aliphatic heterocycles. The minimum atomic E-state index is -0.516. The predicted molar refractivity (Wildman–Crippen MR) is 79.8 cm³/mol. The second-order valence-corrected chi connectivity index (χ2v) is 4.36. The predicted octanol–water partition coefficient (Wildman–Crippen LogP) is 1.32. The summed E-state index contributed by atoms with van der Waals surface area (Å²) in [5.41, 5.74) is 1.44. The Morgan fingerprint density at radius 2 is 2.29 bits per heavy atom. The second kappa shape index (κ2) is 8.61. The van der Waals surface area contributed by atoms with Crippen LogP contribution >= 0.6 is 0 Å². The molecule has 0 aromatic heterocycles. The maximum absolute atomic E-state index is 12.0. The summed E-state index contributed by atoms with van der Waals surface area (Å²) in [6, 6.07) is 7.22. The number of carbonyl (C=O) groups is 1. The molecule has 112 valence electrons. The van der Waals surface area contributed by atoms with Gasteiger partial charge in [-0.05, 0) is 31.0 Å². The molecule has 0 aliphatic carbocycles. The molecule has 6 nitrogen and oxygen atoms in total. The minimum absolute atomic E-state index is 0.0449. The van der Waals surface area contributed by atoms with Gasteiger partial charge in [-0.2, -0.15) is 5.26 Å². The number of aliphatic hydroxyl groups excluding tert-OH is 1. The molecule has 0 spiro atoms. The number of aliphatic hydroxyl groups is 1. The Morgan fingerprint density at radius 3 is 2.90 bits per heavy atom. The lowest BCUT2D eigenvalue weighted by molar-refractivity contribution is -0.112. The Balaban J connectivity index is 2.79. The van der Waals surface area contributed by atoms with Crippen LogP contribution in [0.5, 0.6) is 5.75 Å². The molecule has 3 N–H and O–H groups in total. The Hall–Kier alpha value is -2.52. The van der Waals surface area contributed by atoms with Crippen LogP contribution < -0.4 is 15.4 Å². The smallest absolute Gasteiger partial charge is 0.267 e. The molecule has 21 heavy (non-hydrogen) atoms. The van der Waals surface area contributed by atoms with Crippen molar-refractivity contribution in [1.29, 1.82) is 5.26 Å². The molecule has 0 fully saturated rings. The molecule has 0 aliphatic rings. The standard InChI is InChI=1S/C15H19N3O3/c1-11-4-5-14(21-2)13(8-11)18-15(20)12(9-16)10-17-6-3-7-19/h4-5,8,10,17,19H,3,6-7H2,1-2H3,(H,18,20)/b12-10-. The first-order valence-electron chi connectivity index (χ1n) is 6.53. The molecule has 0 heterocycles. The van der Waals surface area contributed by atoms with Gasteiger partial charge in [-0.25, -0.2) is 0 Å². The Kier molecular flexibility index (Phi) is 6.78. The van der Waals surface area contributed by atoms with E-state index in [-0.39, 0.29) is 12.2 Å². The number of hydrogen-bond acceptors (Lipinski definition) is 5. The van der Waals surface area contributed by atoms with Gasteiger partial charge < -0.3 is 20.5 Å². The molecule has 1 rings (SSSR count). The van der Waals surface area contributed by atoms with Gasteiger partial charge in [0.15, 0.2) is 0 Å². The summed E-state index contributed by atoms with van der Waals surface area (Å²) in [6.07, 6.45) is 1.88. The zero-order valence-corrected chi connectivity index (χ0v) is 12.1. The molecule has 6 heteroatoms. The molecular formula is C15H19N3O3. The molecule has 0 radical (unpaired) electrons. The van der Waals surface area contributed by atoms with Crippen molar-refractivity contribution in [3.05, 3.63) is 35.5 Å². The topological polar surface area (TPSA) is 94.4 Å². The van der Waals surface area contributed by atoms with E-state index in [2.05, 4.69) is 10.6 Å². The van der Waals surface area contributed by atoms with Gasteiger partial charge in [0.25, 0.3) is 5.91 Å². The van der Waals surface area contributed by atoms with E-state index >= 15 is 0 Å². The van der Waals surface area contributed by atoms with Crippen molar-refractivity contribution >= 4 is 11.6 Å². The third-order valence-electron chi connectivity index (χ3n) is 2.69. The number of ether oxygens (including phenoxy) is 1. The SMILES string of the molecule is COc1ccc(C)cc1NC(=O)/C(C#N)=C\NCCCO. The normalized spacial score (nSPS) is 10.7. The highest BCUT2D eigenvalue weighted by molar-refractivity contribution is 6.07. The van der Waals surface area contributed by atoms with Crippen LogP contribution in [0, 0.1) is 18.3 Å². The Labute approximate surface area is 124 Å². The van der Waals surface area contributed by atoms with Crippen molar-refractivity contribution in [3.8, 4) is 11.8 Å². The maximum Gasteiger partial charge on any atom is 0.267 e. The van der Waals surface area contributed by atoms with Crippen molar-refractivity contribution in [1.82, 2.24) is 5.32 Å². The van der Waals surface area contributed by atoms with E-state index in [0.29, 0.717) is 24.4 Å². The zero-order chi connectivity index (χ0) is 15.7. The highest BCUT2D eigenvalue weighted by atomic mass is 16.5. The van der Waals surface area contributed by atoms with Gasteiger partial charge >= 0.3 is 0 Å². The number of carbonyl (C=O) groups excluding carboxylic acids is 1. The number of nitriles is 1. The van der Waals surface area contributed by atoms with Crippen LogP contribution in [0.2, 0.25) is 0 Å². The van der Waals surface area contributed by atoms with E-state index in [1.54, 1.807) is 12.1 Å². The summed E-state index contributed by atoms with van der Waals surface area (Å²) in [4.78, 5) is 12.0. The van der Waals surface area contributed by atoms with E-state index in [0.717, 1.165) is 5.56 Å². The largest absolute Gasteiger partial charge is 0.495 e. The third kappa shape index (κ3) is 5.16. The number of rotatable bonds is 7. The minimum Gasteiger partial charge on any atom is -0.495 e. The van der Waals surface area contributed by atoms with Crippen molar-refractivity contribution in [2.24, 2.45) is 0 Å². The van der Waals surface area contributed by atoms with Crippen LogP contribution in [-0.4, -0.2) is 31.3 Å². The van der Waals surface area contributed by atoms with Crippen LogP contribution in [0.25, 0.3) is 0 Å². The molecule has 1 aromatic rings. The summed E-state index contributed by atoms with van der Waals surface area (Å²) in [7, 11) is 1.51. The number of methoxy groups -OCH3 is 1. The van der Waals surface area contributed by atoms with Crippen LogP contribution in [0.1, 0.15) is 12.0 Å². The number of nitrogens with zero attached hydrogens (tertiary/aromatic N) is 1. The van der Waals surface area contributed by atoms with Crippen LogP contribution in [-0.2, 0) is 4.79 Å². The van der Waals surface area contributed by atoms with E-state index < -0.39 is 5.91 Å². The highest BCUT2D eigenvalue weighted by Gasteiger charge is 2.12. The average Bonchev–Trinajstić information content (AvgIpc) is 2.47. The molecule has 0 saturated heterocycles. The first-order valence-corrected chi connectivity index (χ1v) is 6.53.